The normalized spacial score (nSPS) is 17.5. The molecule has 0 spiro atoms. The topological polar surface area (TPSA) is 62.3 Å². The summed E-state index contributed by atoms with van der Waals surface area (Å²) in [7, 11) is 3.19. The van der Waals surface area contributed by atoms with E-state index < -0.39 is 17.4 Å². The predicted molar refractivity (Wildman–Crippen MR) is 103 cm³/mol. The number of rotatable bonds is 2. The van der Waals surface area contributed by atoms with Crippen LogP contribution in [0, 0.1) is 5.82 Å². The molecule has 0 bridgehead atoms. The highest BCUT2D eigenvalue weighted by Gasteiger charge is 2.32. The molecule has 0 aliphatic carbocycles. The van der Waals surface area contributed by atoms with E-state index in [1.54, 1.807) is 4.90 Å². The van der Waals surface area contributed by atoms with Gasteiger partial charge in [-0.15, -0.1) is 0 Å². The molecular formula is C20H28FN3O4. The number of benzene rings is 1. The summed E-state index contributed by atoms with van der Waals surface area (Å²) in [6, 6.07) is 1.42. The van der Waals surface area contributed by atoms with E-state index in [1.165, 1.54) is 13.2 Å². The van der Waals surface area contributed by atoms with Crippen LogP contribution >= 0.6 is 0 Å². The van der Waals surface area contributed by atoms with Crippen molar-refractivity contribution in [1.82, 2.24) is 9.80 Å². The predicted octanol–water partition coefficient (Wildman–Crippen LogP) is 2.61. The molecule has 154 valence electrons. The molecule has 0 unspecified atom stereocenters. The van der Waals surface area contributed by atoms with Crippen molar-refractivity contribution in [3.05, 3.63) is 28.6 Å². The van der Waals surface area contributed by atoms with Gasteiger partial charge in [0.1, 0.15) is 17.0 Å². The lowest BCUT2D eigenvalue weighted by Crippen LogP contribution is -2.50. The van der Waals surface area contributed by atoms with Crippen LogP contribution in [0.15, 0.2) is 6.07 Å². The lowest BCUT2D eigenvalue weighted by Gasteiger charge is -2.37. The third-order valence-corrected chi connectivity index (χ3v) is 5.00. The van der Waals surface area contributed by atoms with Gasteiger partial charge in [0.05, 0.1) is 7.11 Å². The van der Waals surface area contributed by atoms with Gasteiger partial charge in [-0.05, 0) is 45.0 Å². The van der Waals surface area contributed by atoms with Crippen molar-refractivity contribution >= 4 is 17.7 Å². The fourth-order valence-corrected chi connectivity index (χ4v) is 3.74. The standard InChI is InChI=1S/C20H28FN3O4/c1-20(2,3)28-19(26)24-8-6-23(7-9-24)16-10-15(21)17(18(25)27-5)14-12-22(4)11-13(14)16/h10H,6-9,11-12H2,1-5H3. The molecule has 1 amide bonds. The van der Waals surface area contributed by atoms with E-state index in [9.17, 15) is 14.0 Å². The van der Waals surface area contributed by atoms with Crippen molar-refractivity contribution < 1.29 is 23.5 Å². The summed E-state index contributed by atoms with van der Waals surface area (Å²) >= 11 is 0. The Bertz CT molecular complexity index is 783. The van der Waals surface area contributed by atoms with Crippen LogP contribution in [0.4, 0.5) is 14.9 Å². The van der Waals surface area contributed by atoms with Gasteiger partial charge in [0.2, 0.25) is 0 Å². The summed E-state index contributed by atoms with van der Waals surface area (Å²) in [5.74, 6) is -1.21. The van der Waals surface area contributed by atoms with Crippen LogP contribution in [0.5, 0.6) is 0 Å². The number of methoxy groups -OCH3 is 1. The van der Waals surface area contributed by atoms with Gasteiger partial charge >= 0.3 is 12.1 Å². The van der Waals surface area contributed by atoms with Gasteiger partial charge in [0, 0.05) is 45.0 Å². The molecule has 3 rings (SSSR count). The van der Waals surface area contributed by atoms with Crippen molar-refractivity contribution in [3.8, 4) is 0 Å². The van der Waals surface area contributed by atoms with Gasteiger partial charge in [-0.1, -0.05) is 0 Å². The molecule has 1 saturated heterocycles. The minimum Gasteiger partial charge on any atom is -0.465 e. The molecule has 0 aromatic heterocycles. The van der Waals surface area contributed by atoms with Crippen LogP contribution in [0.2, 0.25) is 0 Å². The second-order valence-electron chi connectivity index (χ2n) is 8.33. The van der Waals surface area contributed by atoms with Crippen LogP contribution in [-0.2, 0) is 22.6 Å². The number of carbonyl (C=O) groups excluding carboxylic acids is 2. The van der Waals surface area contributed by atoms with Gasteiger partial charge in [-0.2, -0.15) is 0 Å². The van der Waals surface area contributed by atoms with Crippen LogP contribution in [0.1, 0.15) is 42.3 Å². The zero-order chi connectivity index (χ0) is 20.6. The number of nitrogens with zero attached hydrogens (tertiary/aromatic N) is 3. The Kier molecular flexibility index (Phi) is 5.52. The maximum atomic E-state index is 14.8. The molecule has 0 saturated carbocycles. The summed E-state index contributed by atoms with van der Waals surface area (Å²) in [4.78, 5) is 30.1. The smallest absolute Gasteiger partial charge is 0.410 e. The first kappa shape index (κ1) is 20.4. The van der Waals surface area contributed by atoms with Crippen LogP contribution in [0.3, 0.4) is 0 Å². The van der Waals surface area contributed by atoms with Gasteiger partial charge in [-0.3, -0.25) is 4.90 Å². The summed E-state index contributed by atoms with van der Waals surface area (Å²) < 4.78 is 25.0. The largest absolute Gasteiger partial charge is 0.465 e. The number of esters is 1. The van der Waals surface area contributed by atoms with Gasteiger partial charge < -0.3 is 19.3 Å². The number of amides is 1. The highest BCUT2D eigenvalue weighted by molar-refractivity contribution is 5.93. The highest BCUT2D eigenvalue weighted by Crippen LogP contribution is 2.36. The number of fused-ring (bicyclic) bond motifs is 1. The second-order valence-corrected chi connectivity index (χ2v) is 8.33. The summed E-state index contributed by atoms with van der Waals surface area (Å²) in [6.07, 6.45) is -0.329. The molecule has 2 aliphatic rings. The number of hydrogen-bond donors (Lipinski definition) is 0. The first-order valence-electron chi connectivity index (χ1n) is 9.44. The Balaban J connectivity index is 1.81. The zero-order valence-corrected chi connectivity index (χ0v) is 17.2. The molecule has 8 heteroatoms. The van der Waals surface area contributed by atoms with E-state index in [2.05, 4.69) is 4.90 Å². The number of carbonyl (C=O) groups is 2. The molecule has 0 radical (unpaired) electrons. The van der Waals surface area contributed by atoms with E-state index in [0.29, 0.717) is 44.8 Å². The molecule has 7 nitrogen and oxygen atoms in total. The van der Waals surface area contributed by atoms with Gasteiger partial charge in [0.15, 0.2) is 0 Å². The lowest BCUT2D eigenvalue weighted by atomic mass is 9.99. The van der Waals surface area contributed by atoms with E-state index in [0.717, 1.165) is 11.3 Å². The van der Waals surface area contributed by atoms with E-state index in [-0.39, 0.29) is 11.7 Å². The summed E-state index contributed by atoms with van der Waals surface area (Å²) in [6.45, 7) is 8.81. The van der Waals surface area contributed by atoms with Crippen LogP contribution in [0.25, 0.3) is 0 Å². The maximum absolute atomic E-state index is 14.8. The Hall–Kier alpha value is -2.35. The molecule has 1 aromatic rings. The van der Waals surface area contributed by atoms with Crippen molar-refractivity contribution in [2.75, 3.05) is 45.2 Å². The van der Waals surface area contributed by atoms with E-state index in [1.807, 2.05) is 32.7 Å². The molecule has 0 N–H and O–H groups in total. The third kappa shape index (κ3) is 4.06. The fraction of sp³-hybridized carbons (Fsp3) is 0.600. The monoisotopic (exact) mass is 393 g/mol. The SMILES string of the molecule is COC(=O)c1c(F)cc(N2CCN(C(=O)OC(C)(C)C)CC2)c2c1CN(C)C2. The molecule has 2 aliphatic heterocycles. The first-order valence-corrected chi connectivity index (χ1v) is 9.44. The molecular weight excluding hydrogens is 365 g/mol. The summed E-state index contributed by atoms with van der Waals surface area (Å²) in [5.41, 5.74) is 1.92. The minimum atomic E-state index is -0.648. The Morgan fingerprint density at radius 3 is 2.25 bits per heavy atom. The summed E-state index contributed by atoms with van der Waals surface area (Å²) in [5, 5.41) is 0. The van der Waals surface area contributed by atoms with E-state index >= 15 is 0 Å². The third-order valence-electron chi connectivity index (χ3n) is 5.00. The number of anilines is 1. The quantitative estimate of drug-likeness (QED) is 0.720. The van der Waals surface area contributed by atoms with Gasteiger partial charge in [-0.25, -0.2) is 14.0 Å². The second kappa shape index (κ2) is 7.58. The molecule has 2 heterocycles. The average Bonchev–Trinajstić information content (AvgIpc) is 3.00. The molecule has 1 fully saturated rings. The molecule has 1 aromatic carbocycles. The maximum Gasteiger partial charge on any atom is 0.410 e. The van der Waals surface area contributed by atoms with Crippen molar-refractivity contribution in [3.63, 3.8) is 0 Å². The fourth-order valence-electron chi connectivity index (χ4n) is 3.74. The Morgan fingerprint density at radius 1 is 1.07 bits per heavy atom. The molecule has 0 atom stereocenters. The lowest BCUT2D eigenvalue weighted by molar-refractivity contribution is 0.0240. The Labute approximate surface area is 165 Å². The van der Waals surface area contributed by atoms with Gasteiger partial charge in [0.25, 0.3) is 0 Å². The number of piperazine rings is 1. The number of ether oxygens (including phenoxy) is 2. The first-order chi connectivity index (χ1) is 13.1. The minimum absolute atomic E-state index is 0.0259. The average molecular weight is 393 g/mol. The molecule has 28 heavy (non-hydrogen) atoms. The number of halogens is 1. The van der Waals surface area contributed by atoms with Crippen LogP contribution < -0.4 is 4.90 Å². The Morgan fingerprint density at radius 2 is 1.68 bits per heavy atom. The zero-order valence-electron chi connectivity index (χ0n) is 17.2. The number of hydrogen-bond acceptors (Lipinski definition) is 6. The van der Waals surface area contributed by atoms with E-state index in [4.69, 9.17) is 9.47 Å². The highest BCUT2D eigenvalue weighted by atomic mass is 19.1. The van der Waals surface area contributed by atoms with Crippen molar-refractivity contribution in [2.45, 2.75) is 39.5 Å². The van der Waals surface area contributed by atoms with Crippen molar-refractivity contribution in [1.29, 1.82) is 0 Å². The van der Waals surface area contributed by atoms with Crippen molar-refractivity contribution in [2.24, 2.45) is 0 Å². The van der Waals surface area contributed by atoms with Crippen LogP contribution in [-0.4, -0.2) is 67.8 Å².